The molecule has 0 bridgehead atoms. The highest BCUT2D eigenvalue weighted by Crippen LogP contribution is 2.16. The van der Waals surface area contributed by atoms with Gasteiger partial charge in [-0.15, -0.1) is 0 Å². The van der Waals surface area contributed by atoms with Crippen LogP contribution in [-0.4, -0.2) is 22.8 Å². The molecule has 0 fully saturated rings. The zero-order valence-corrected chi connectivity index (χ0v) is 12.7. The maximum Gasteiger partial charge on any atom is 0.222 e. The molecule has 1 amide bonds. The van der Waals surface area contributed by atoms with Gasteiger partial charge in [0.05, 0.1) is 12.8 Å². The molecular formula is C16H21N3O2. The van der Waals surface area contributed by atoms with Gasteiger partial charge < -0.3 is 10.1 Å². The Bertz CT molecular complexity index is 620. The summed E-state index contributed by atoms with van der Waals surface area (Å²) in [4.78, 5) is 11.9. The number of carbonyl (C=O) groups is 1. The van der Waals surface area contributed by atoms with Crippen molar-refractivity contribution in [1.29, 1.82) is 0 Å². The average Bonchev–Trinajstić information content (AvgIpc) is 2.81. The topological polar surface area (TPSA) is 56.1 Å². The van der Waals surface area contributed by atoms with Crippen LogP contribution in [-0.2, 0) is 17.9 Å². The van der Waals surface area contributed by atoms with Gasteiger partial charge in [-0.25, -0.2) is 0 Å². The Balaban J connectivity index is 1.84. The number of hydrogen-bond acceptors (Lipinski definition) is 3. The number of aryl methyl sites for hydroxylation is 3. The van der Waals surface area contributed by atoms with Crippen LogP contribution in [0.1, 0.15) is 23.4 Å². The highest BCUT2D eigenvalue weighted by atomic mass is 16.5. The molecule has 0 aliphatic rings. The standard InChI is InChI=1S/C16H21N3O2/c1-12-10-13(2)19(18-12)9-8-16(20)17-11-14-6-4-5-7-15(14)21-3/h4-7,10H,8-9,11H2,1-3H3,(H,17,20). The van der Waals surface area contributed by atoms with Crippen molar-refractivity contribution in [3.63, 3.8) is 0 Å². The maximum absolute atomic E-state index is 11.9. The lowest BCUT2D eigenvalue weighted by Crippen LogP contribution is -2.24. The van der Waals surface area contributed by atoms with E-state index >= 15 is 0 Å². The van der Waals surface area contributed by atoms with E-state index in [2.05, 4.69) is 10.4 Å². The van der Waals surface area contributed by atoms with Crippen LogP contribution in [0.5, 0.6) is 5.75 Å². The van der Waals surface area contributed by atoms with Crippen molar-refractivity contribution in [1.82, 2.24) is 15.1 Å². The summed E-state index contributed by atoms with van der Waals surface area (Å²) in [6.45, 7) is 5.01. The minimum Gasteiger partial charge on any atom is -0.496 e. The molecule has 112 valence electrons. The smallest absolute Gasteiger partial charge is 0.222 e. The number of amides is 1. The van der Waals surface area contributed by atoms with Crippen LogP contribution in [0.3, 0.4) is 0 Å². The fraction of sp³-hybridized carbons (Fsp3) is 0.375. The van der Waals surface area contributed by atoms with Crippen LogP contribution in [0.15, 0.2) is 30.3 Å². The Kier molecular flexibility index (Phi) is 4.98. The van der Waals surface area contributed by atoms with Gasteiger partial charge in [0.15, 0.2) is 0 Å². The van der Waals surface area contributed by atoms with E-state index in [0.29, 0.717) is 19.5 Å². The fourth-order valence-corrected chi connectivity index (χ4v) is 2.24. The van der Waals surface area contributed by atoms with E-state index in [1.807, 2.05) is 48.9 Å². The molecule has 1 N–H and O–H groups in total. The number of nitrogens with zero attached hydrogens (tertiary/aromatic N) is 2. The van der Waals surface area contributed by atoms with E-state index in [9.17, 15) is 4.79 Å². The molecule has 0 radical (unpaired) electrons. The normalized spacial score (nSPS) is 10.4. The zero-order chi connectivity index (χ0) is 15.2. The quantitative estimate of drug-likeness (QED) is 0.886. The molecule has 0 aliphatic carbocycles. The van der Waals surface area contributed by atoms with Crippen molar-refractivity contribution in [2.24, 2.45) is 0 Å². The van der Waals surface area contributed by atoms with E-state index in [1.165, 1.54) is 0 Å². The maximum atomic E-state index is 11.9. The molecule has 0 spiro atoms. The number of carbonyl (C=O) groups excluding carboxylic acids is 1. The van der Waals surface area contributed by atoms with E-state index in [4.69, 9.17) is 4.74 Å². The number of para-hydroxylation sites is 1. The highest BCUT2D eigenvalue weighted by Gasteiger charge is 2.07. The van der Waals surface area contributed by atoms with Crippen molar-refractivity contribution in [3.8, 4) is 5.75 Å². The largest absolute Gasteiger partial charge is 0.496 e. The van der Waals surface area contributed by atoms with Crippen LogP contribution >= 0.6 is 0 Å². The summed E-state index contributed by atoms with van der Waals surface area (Å²) >= 11 is 0. The van der Waals surface area contributed by atoms with Gasteiger partial charge in [-0.2, -0.15) is 5.10 Å². The molecule has 0 saturated heterocycles. The van der Waals surface area contributed by atoms with Gasteiger partial charge in [-0.1, -0.05) is 18.2 Å². The number of rotatable bonds is 6. The first-order valence-electron chi connectivity index (χ1n) is 7.00. The van der Waals surface area contributed by atoms with Crippen molar-refractivity contribution in [3.05, 3.63) is 47.3 Å². The lowest BCUT2D eigenvalue weighted by Gasteiger charge is -2.10. The Morgan fingerprint density at radius 2 is 2.10 bits per heavy atom. The minimum absolute atomic E-state index is 0.00783. The van der Waals surface area contributed by atoms with E-state index in [0.717, 1.165) is 22.7 Å². The molecule has 0 unspecified atom stereocenters. The molecule has 2 aromatic rings. The summed E-state index contributed by atoms with van der Waals surface area (Å²) in [6, 6.07) is 9.68. The number of ether oxygens (including phenoxy) is 1. The number of hydrogen-bond donors (Lipinski definition) is 1. The summed E-state index contributed by atoms with van der Waals surface area (Å²) < 4.78 is 7.12. The second-order valence-corrected chi connectivity index (χ2v) is 4.99. The first-order valence-corrected chi connectivity index (χ1v) is 7.00. The van der Waals surface area contributed by atoms with Crippen LogP contribution in [0.2, 0.25) is 0 Å². The monoisotopic (exact) mass is 287 g/mol. The van der Waals surface area contributed by atoms with Gasteiger partial charge >= 0.3 is 0 Å². The van der Waals surface area contributed by atoms with Gasteiger partial charge in [0, 0.05) is 30.8 Å². The Hall–Kier alpha value is -2.30. The molecule has 5 nitrogen and oxygen atoms in total. The van der Waals surface area contributed by atoms with Gasteiger partial charge in [-0.05, 0) is 26.0 Å². The summed E-state index contributed by atoms with van der Waals surface area (Å²) in [6.07, 6.45) is 0.414. The molecule has 1 aromatic carbocycles. The highest BCUT2D eigenvalue weighted by molar-refractivity contribution is 5.75. The van der Waals surface area contributed by atoms with Crippen LogP contribution in [0.25, 0.3) is 0 Å². The van der Waals surface area contributed by atoms with Gasteiger partial charge in [-0.3, -0.25) is 9.48 Å². The van der Waals surface area contributed by atoms with Gasteiger partial charge in [0.2, 0.25) is 5.91 Å². The third-order valence-electron chi connectivity index (χ3n) is 3.32. The van der Waals surface area contributed by atoms with Crippen LogP contribution < -0.4 is 10.1 Å². The first-order chi connectivity index (χ1) is 10.1. The molecule has 0 saturated carbocycles. The molecule has 21 heavy (non-hydrogen) atoms. The number of methoxy groups -OCH3 is 1. The number of nitrogens with one attached hydrogen (secondary N) is 1. The summed E-state index contributed by atoms with van der Waals surface area (Å²) in [5.41, 5.74) is 3.02. The third-order valence-corrected chi connectivity index (χ3v) is 3.32. The summed E-state index contributed by atoms with van der Waals surface area (Å²) in [5, 5.41) is 7.25. The van der Waals surface area contributed by atoms with E-state index < -0.39 is 0 Å². The molecule has 1 heterocycles. The van der Waals surface area contributed by atoms with Crippen LogP contribution in [0, 0.1) is 13.8 Å². The zero-order valence-electron chi connectivity index (χ0n) is 12.7. The molecular weight excluding hydrogens is 266 g/mol. The SMILES string of the molecule is COc1ccccc1CNC(=O)CCn1nc(C)cc1C. The van der Waals surface area contributed by atoms with E-state index in [1.54, 1.807) is 7.11 Å². The predicted octanol–water partition coefficient (Wildman–Crippen LogP) is 2.22. The molecule has 1 aromatic heterocycles. The van der Waals surface area contributed by atoms with E-state index in [-0.39, 0.29) is 5.91 Å². The van der Waals surface area contributed by atoms with Gasteiger partial charge in [0.1, 0.15) is 5.75 Å². The van der Waals surface area contributed by atoms with Gasteiger partial charge in [0.25, 0.3) is 0 Å². The van der Waals surface area contributed by atoms with Crippen molar-refractivity contribution in [2.75, 3.05) is 7.11 Å². The second kappa shape index (κ2) is 6.92. The molecule has 5 heteroatoms. The lowest BCUT2D eigenvalue weighted by molar-refractivity contribution is -0.121. The average molecular weight is 287 g/mol. The van der Waals surface area contributed by atoms with Crippen LogP contribution in [0.4, 0.5) is 0 Å². The lowest BCUT2D eigenvalue weighted by atomic mass is 10.2. The minimum atomic E-state index is 0.00783. The summed E-state index contributed by atoms with van der Waals surface area (Å²) in [7, 11) is 1.63. The second-order valence-electron chi connectivity index (χ2n) is 4.99. The summed E-state index contributed by atoms with van der Waals surface area (Å²) in [5.74, 6) is 0.796. The number of benzene rings is 1. The Labute approximate surface area is 124 Å². The predicted molar refractivity (Wildman–Crippen MR) is 81.2 cm³/mol. The fourth-order valence-electron chi connectivity index (χ4n) is 2.24. The van der Waals surface area contributed by atoms with Crippen molar-refractivity contribution >= 4 is 5.91 Å². The van der Waals surface area contributed by atoms with Crippen molar-refractivity contribution in [2.45, 2.75) is 33.4 Å². The van der Waals surface area contributed by atoms with Crippen molar-refractivity contribution < 1.29 is 9.53 Å². The third kappa shape index (κ3) is 4.08. The molecule has 0 aliphatic heterocycles. The molecule has 2 rings (SSSR count). The number of aromatic nitrogens is 2. The molecule has 0 atom stereocenters. The Morgan fingerprint density at radius 1 is 1.33 bits per heavy atom. The first kappa shape index (κ1) is 15.1. The Morgan fingerprint density at radius 3 is 2.76 bits per heavy atom.